The largest absolute Gasteiger partial charge is 0.391 e. The van der Waals surface area contributed by atoms with Crippen LogP contribution in [0.15, 0.2) is 0 Å². The number of hydrogen-bond donors (Lipinski definition) is 2. The molecule has 62 valence electrons. The molecule has 0 amide bonds. The standard InChI is InChI=1S/C8H19NO/c1-4-6-8(3,9)7(10)5-2/h7,10H,4-6,9H2,1-3H3. The fraction of sp³-hybridized carbons (Fsp3) is 1.00. The van der Waals surface area contributed by atoms with Crippen molar-refractivity contribution >= 4 is 0 Å². The van der Waals surface area contributed by atoms with Gasteiger partial charge in [0.2, 0.25) is 0 Å². The topological polar surface area (TPSA) is 46.2 Å². The molecule has 0 aromatic heterocycles. The molecule has 0 heterocycles. The summed E-state index contributed by atoms with van der Waals surface area (Å²) in [7, 11) is 0. The van der Waals surface area contributed by atoms with Crippen LogP contribution in [-0.2, 0) is 0 Å². The van der Waals surface area contributed by atoms with Gasteiger partial charge in [0.05, 0.1) is 6.10 Å². The van der Waals surface area contributed by atoms with E-state index in [0.29, 0.717) is 0 Å². The second-order valence-corrected chi connectivity index (χ2v) is 3.18. The van der Waals surface area contributed by atoms with Crippen LogP contribution < -0.4 is 5.73 Å². The second-order valence-electron chi connectivity index (χ2n) is 3.18. The van der Waals surface area contributed by atoms with E-state index < -0.39 is 0 Å². The summed E-state index contributed by atoms with van der Waals surface area (Å²) in [5.74, 6) is 0. The summed E-state index contributed by atoms with van der Waals surface area (Å²) in [5, 5.41) is 9.39. The Morgan fingerprint density at radius 3 is 2.30 bits per heavy atom. The molecule has 0 rings (SSSR count). The number of nitrogens with two attached hydrogens (primary N) is 1. The molecule has 2 unspecified atom stereocenters. The molecule has 0 aliphatic carbocycles. The van der Waals surface area contributed by atoms with E-state index in [-0.39, 0.29) is 11.6 Å². The minimum absolute atomic E-state index is 0.354. The van der Waals surface area contributed by atoms with Crippen molar-refractivity contribution in [3.05, 3.63) is 0 Å². The van der Waals surface area contributed by atoms with Crippen molar-refractivity contribution in [3.8, 4) is 0 Å². The summed E-state index contributed by atoms with van der Waals surface area (Å²) < 4.78 is 0. The van der Waals surface area contributed by atoms with Crippen LogP contribution >= 0.6 is 0 Å². The van der Waals surface area contributed by atoms with Crippen LogP contribution in [-0.4, -0.2) is 16.7 Å². The highest BCUT2D eigenvalue weighted by Gasteiger charge is 2.25. The molecular formula is C8H19NO. The van der Waals surface area contributed by atoms with E-state index in [1.807, 2.05) is 13.8 Å². The lowest BCUT2D eigenvalue weighted by Crippen LogP contribution is -2.47. The summed E-state index contributed by atoms with van der Waals surface area (Å²) in [4.78, 5) is 0. The Balaban J connectivity index is 3.82. The molecule has 0 aromatic rings. The maximum atomic E-state index is 9.39. The zero-order chi connectivity index (χ0) is 8.20. The van der Waals surface area contributed by atoms with Gasteiger partial charge >= 0.3 is 0 Å². The average Bonchev–Trinajstić information content (AvgIpc) is 1.86. The molecule has 2 heteroatoms. The average molecular weight is 145 g/mol. The predicted octanol–water partition coefficient (Wildman–Crippen LogP) is 1.27. The Kier molecular flexibility index (Phi) is 3.91. The van der Waals surface area contributed by atoms with Gasteiger partial charge in [0, 0.05) is 5.54 Å². The number of aliphatic hydroxyl groups excluding tert-OH is 1. The van der Waals surface area contributed by atoms with Gasteiger partial charge in [-0.3, -0.25) is 0 Å². The fourth-order valence-electron chi connectivity index (χ4n) is 1.17. The number of hydrogen-bond acceptors (Lipinski definition) is 2. The zero-order valence-corrected chi connectivity index (χ0v) is 7.22. The van der Waals surface area contributed by atoms with Crippen molar-refractivity contribution in [3.63, 3.8) is 0 Å². The molecule has 0 saturated heterocycles. The van der Waals surface area contributed by atoms with Crippen LogP contribution in [0.3, 0.4) is 0 Å². The Hall–Kier alpha value is -0.0800. The quantitative estimate of drug-likeness (QED) is 0.626. The van der Waals surface area contributed by atoms with Gasteiger partial charge in [-0.2, -0.15) is 0 Å². The van der Waals surface area contributed by atoms with E-state index >= 15 is 0 Å². The highest BCUT2D eigenvalue weighted by Crippen LogP contribution is 2.15. The van der Waals surface area contributed by atoms with Crippen molar-refractivity contribution in [2.75, 3.05) is 0 Å². The molecule has 10 heavy (non-hydrogen) atoms. The van der Waals surface area contributed by atoms with Gasteiger partial charge < -0.3 is 10.8 Å². The summed E-state index contributed by atoms with van der Waals surface area (Å²) in [5.41, 5.74) is 5.45. The van der Waals surface area contributed by atoms with Crippen LogP contribution in [0.25, 0.3) is 0 Å². The summed E-state index contributed by atoms with van der Waals surface area (Å²) in [6.07, 6.45) is 2.31. The maximum Gasteiger partial charge on any atom is 0.0714 e. The molecule has 3 N–H and O–H groups in total. The molecular weight excluding hydrogens is 126 g/mol. The van der Waals surface area contributed by atoms with Crippen LogP contribution in [0.1, 0.15) is 40.0 Å². The zero-order valence-electron chi connectivity index (χ0n) is 7.22. The molecule has 2 atom stereocenters. The Bertz CT molecular complexity index is 91.3. The van der Waals surface area contributed by atoms with Crippen molar-refractivity contribution in [2.45, 2.75) is 51.7 Å². The smallest absolute Gasteiger partial charge is 0.0714 e. The van der Waals surface area contributed by atoms with Crippen molar-refractivity contribution < 1.29 is 5.11 Å². The molecule has 2 nitrogen and oxygen atoms in total. The predicted molar refractivity (Wildman–Crippen MR) is 43.8 cm³/mol. The lowest BCUT2D eigenvalue weighted by atomic mass is 9.89. The van der Waals surface area contributed by atoms with E-state index in [0.717, 1.165) is 19.3 Å². The van der Waals surface area contributed by atoms with Crippen molar-refractivity contribution in [2.24, 2.45) is 5.73 Å². The lowest BCUT2D eigenvalue weighted by molar-refractivity contribution is 0.0846. The van der Waals surface area contributed by atoms with E-state index in [9.17, 15) is 5.11 Å². The third-order valence-electron chi connectivity index (χ3n) is 1.94. The van der Waals surface area contributed by atoms with Crippen molar-refractivity contribution in [1.29, 1.82) is 0 Å². The van der Waals surface area contributed by atoms with Crippen molar-refractivity contribution in [1.82, 2.24) is 0 Å². The molecule has 0 radical (unpaired) electrons. The highest BCUT2D eigenvalue weighted by molar-refractivity contribution is 4.85. The van der Waals surface area contributed by atoms with Crippen LogP contribution in [0.4, 0.5) is 0 Å². The summed E-state index contributed by atoms with van der Waals surface area (Å²) in [6, 6.07) is 0. The van der Waals surface area contributed by atoms with E-state index in [4.69, 9.17) is 5.73 Å². The minimum atomic E-state index is -0.385. The first-order valence-corrected chi connectivity index (χ1v) is 4.01. The third kappa shape index (κ3) is 2.67. The molecule has 0 fully saturated rings. The first kappa shape index (κ1) is 9.92. The highest BCUT2D eigenvalue weighted by atomic mass is 16.3. The van der Waals surface area contributed by atoms with Crippen LogP contribution in [0.2, 0.25) is 0 Å². The van der Waals surface area contributed by atoms with Crippen LogP contribution in [0.5, 0.6) is 0 Å². The van der Waals surface area contributed by atoms with E-state index in [2.05, 4.69) is 6.92 Å². The molecule has 0 spiro atoms. The molecule has 0 aromatic carbocycles. The SMILES string of the molecule is CCCC(C)(N)C(O)CC. The van der Waals surface area contributed by atoms with E-state index in [1.165, 1.54) is 0 Å². The monoisotopic (exact) mass is 145 g/mol. The van der Waals surface area contributed by atoms with Gasteiger partial charge in [-0.1, -0.05) is 20.3 Å². The molecule has 0 aliphatic heterocycles. The fourth-order valence-corrected chi connectivity index (χ4v) is 1.17. The summed E-state index contributed by atoms with van der Waals surface area (Å²) in [6.45, 7) is 5.93. The van der Waals surface area contributed by atoms with E-state index in [1.54, 1.807) is 0 Å². The first-order chi connectivity index (χ1) is 4.54. The second kappa shape index (κ2) is 3.94. The van der Waals surface area contributed by atoms with Gasteiger partial charge in [-0.15, -0.1) is 0 Å². The third-order valence-corrected chi connectivity index (χ3v) is 1.94. The normalized spacial score (nSPS) is 20.1. The molecule has 0 aliphatic rings. The van der Waals surface area contributed by atoms with Crippen LogP contribution in [0, 0.1) is 0 Å². The van der Waals surface area contributed by atoms with Gasteiger partial charge in [-0.25, -0.2) is 0 Å². The molecule has 0 bridgehead atoms. The Labute approximate surface area is 63.4 Å². The first-order valence-electron chi connectivity index (χ1n) is 4.01. The maximum absolute atomic E-state index is 9.39. The molecule has 0 saturated carbocycles. The van der Waals surface area contributed by atoms with Gasteiger partial charge in [0.1, 0.15) is 0 Å². The summed E-state index contributed by atoms with van der Waals surface area (Å²) >= 11 is 0. The lowest BCUT2D eigenvalue weighted by Gasteiger charge is -2.29. The van der Waals surface area contributed by atoms with Gasteiger partial charge in [0.15, 0.2) is 0 Å². The Morgan fingerprint density at radius 2 is 2.00 bits per heavy atom. The minimum Gasteiger partial charge on any atom is -0.391 e. The van der Waals surface area contributed by atoms with Gasteiger partial charge in [0.25, 0.3) is 0 Å². The number of rotatable bonds is 4. The Morgan fingerprint density at radius 1 is 1.50 bits per heavy atom. The van der Waals surface area contributed by atoms with Gasteiger partial charge in [-0.05, 0) is 19.8 Å². The number of aliphatic hydroxyl groups is 1.